The molecule has 0 radical (unpaired) electrons. The number of nitrogens with one attached hydrogen (secondary N) is 2. The van der Waals surface area contributed by atoms with Gasteiger partial charge in [-0.25, -0.2) is 10.8 Å². The van der Waals surface area contributed by atoms with Crippen molar-refractivity contribution in [2.24, 2.45) is 10.8 Å². The molecule has 2 rings (SSSR count). The molecule has 1 fully saturated rings. The Kier molecular flexibility index (Phi) is 4.06. The number of aliphatic imine (C=N–C) groups is 1. The van der Waals surface area contributed by atoms with Gasteiger partial charge in [0.1, 0.15) is 0 Å². The lowest BCUT2D eigenvalue weighted by atomic mass is 10.2. The molecule has 0 bridgehead atoms. The van der Waals surface area contributed by atoms with Crippen LogP contribution in [-0.4, -0.2) is 12.0 Å². The summed E-state index contributed by atoms with van der Waals surface area (Å²) in [4.78, 5) is 4.43. The predicted molar refractivity (Wildman–Crippen MR) is 78.0 cm³/mol. The summed E-state index contributed by atoms with van der Waals surface area (Å²) >= 11 is 7.04. The molecule has 0 atom stereocenters. The van der Waals surface area contributed by atoms with Crippen LogP contribution in [0.3, 0.4) is 0 Å². The Morgan fingerprint density at radius 2 is 1.94 bits per heavy atom. The zero-order valence-electron chi connectivity index (χ0n) is 9.43. The van der Waals surface area contributed by atoms with E-state index in [1.807, 2.05) is 19.1 Å². The van der Waals surface area contributed by atoms with Gasteiger partial charge in [0, 0.05) is 8.95 Å². The van der Waals surface area contributed by atoms with Crippen molar-refractivity contribution in [3.05, 3.63) is 26.6 Å². The van der Waals surface area contributed by atoms with Gasteiger partial charge in [0.15, 0.2) is 0 Å². The average molecular weight is 362 g/mol. The number of anilines is 1. The first-order chi connectivity index (χ1) is 8.10. The Morgan fingerprint density at radius 1 is 1.35 bits per heavy atom. The highest BCUT2D eigenvalue weighted by molar-refractivity contribution is 9.11. The molecule has 0 aromatic heterocycles. The second-order valence-corrected chi connectivity index (χ2v) is 5.79. The highest BCUT2D eigenvalue weighted by Gasteiger charge is 2.21. The van der Waals surface area contributed by atoms with Gasteiger partial charge in [0.2, 0.25) is 5.96 Å². The zero-order valence-corrected chi connectivity index (χ0v) is 12.6. The normalized spacial score (nSPS) is 15.9. The molecule has 17 heavy (non-hydrogen) atoms. The summed E-state index contributed by atoms with van der Waals surface area (Å²) in [7, 11) is 0. The number of nitrogens with zero attached hydrogens (tertiary/aromatic N) is 1. The lowest BCUT2D eigenvalue weighted by Crippen LogP contribution is -2.36. The summed E-state index contributed by atoms with van der Waals surface area (Å²) in [5.74, 6) is 6.05. The molecule has 0 amide bonds. The molecule has 0 unspecified atom stereocenters. The average Bonchev–Trinajstić information content (AvgIpc) is 3.05. The standard InChI is InChI=1S/C11H14Br2N4/c1-6-4-8(12)10(9(13)5-6)16-11(17-14)15-7-2-3-7/h4-5,7H,2-3,14H2,1H3,(H2,15,16,17). The lowest BCUT2D eigenvalue weighted by Gasteiger charge is -2.13. The number of aryl methyl sites for hydroxylation is 1. The summed E-state index contributed by atoms with van der Waals surface area (Å²) in [5, 5.41) is 3.18. The van der Waals surface area contributed by atoms with E-state index in [0.717, 1.165) is 27.5 Å². The van der Waals surface area contributed by atoms with Crippen LogP contribution in [0.5, 0.6) is 0 Å². The van der Waals surface area contributed by atoms with Crippen LogP contribution in [0.1, 0.15) is 18.4 Å². The first kappa shape index (κ1) is 12.9. The van der Waals surface area contributed by atoms with Crippen molar-refractivity contribution < 1.29 is 0 Å². The molecule has 1 aliphatic carbocycles. The second kappa shape index (κ2) is 5.37. The first-order valence-corrected chi connectivity index (χ1v) is 6.96. The van der Waals surface area contributed by atoms with Gasteiger partial charge in [-0.1, -0.05) is 0 Å². The first-order valence-electron chi connectivity index (χ1n) is 5.37. The Bertz CT molecular complexity index is 432. The Morgan fingerprint density at radius 3 is 2.41 bits per heavy atom. The quantitative estimate of drug-likeness (QED) is 0.328. The molecule has 0 aliphatic heterocycles. The largest absolute Gasteiger partial charge is 0.323 e. The Balaban J connectivity index is 2.22. The van der Waals surface area contributed by atoms with Gasteiger partial charge in [0.05, 0.1) is 11.7 Å². The maximum absolute atomic E-state index is 5.45. The van der Waals surface area contributed by atoms with Crippen molar-refractivity contribution >= 4 is 43.5 Å². The topological polar surface area (TPSA) is 62.4 Å². The van der Waals surface area contributed by atoms with E-state index in [0.29, 0.717) is 12.0 Å². The van der Waals surface area contributed by atoms with Crippen LogP contribution in [-0.2, 0) is 0 Å². The molecule has 0 saturated heterocycles. The fraction of sp³-hybridized carbons (Fsp3) is 0.364. The third kappa shape index (κ3) is 3.43. The number of guanidine groups is 1. The smallest absolute Gasteiger partial charge is 0.210 e. The Hall–Kier alpha value is -0.590. The van der Waals surface area contributed by atoms with Gasteiger partial charge >= 0.3 is 0 Å². The molecule has 0 spiro atoms. The van der Waals surface area contributed by atoms with Crippen LogP contribution in [0.25, 0.3) is 0 Å². The molecule has 1 aromatic carbocycles. The van der Waals surface area contributed by atoms with E-state index in [2.05, 4.69) is 47.6 Å². The van der Waals surface area contributed by atoms with Gasteiger partial charge in [-0.3, -0.25) is 5.43 Å². The predicted octanol–water partition coefficient (Wildman–Crippen LogP) is 2.91. The SMILES string of the molecule is Cc1cc(Br)c(NC(=NC2CC2)NN)c(Br)c1. The fourth-order valence-electron chi connectivity index (χ4n) is 1.43. The van der Waals surface area contributed by atoms with Crippen LogP contribution in [0, 0.1) is 6.92 Å². The molecule has 4 N–H and O–H groups in total. The van der Waals surface area contributed by atoms with E-state index in [-0.39, 0.29) is 0 Å². The fourth-order valence-corrected chi connectivity index (χ4v) is 3.04. The van der Waals surface area contributed by atoms with Gasteiger partial charge in [-0.2, -0.15) is 0 Å². The number of halogens is 2. The van der Waals surface area contributed by atoms with Gasteiger partial charge in [0.25, 0.3) is 0 Å². The number of rotatable bonds is 2. The molecular formula is C11H14Br2N4. The third-order valence-corrected chi connectivity index (χ3v) is 3.68. The number of hydrogen-bond acceptors (Lipinski definition) is 2. The van der Waals surface area contributed by atoms with Crippen molar-refractivity contribution in [1.82, 2.24) is 5.43 Å². The summed E-state index contributed by atoms with van der Waals surface area (Å²) in [5.41, 5.74) is 4.69. The van der Waals surface area contributed by atoms with E-state index in [1.54, 1.807) is 0 Å². The van der Waals surface area contributed by atoms with Gasteiger partial charge in [-0.15, -0.1) is 0 Å². The molecule has 1 aromatic rings. The van der Waals surface area contributed by atoms with Crippen LogP contribution in [0.15, 0.2) is 26.1 Å². The highest BCUT2D eigenvalue weighted by atomic mass is 79.9. The van der Waals surface area contributed by atoms with E-state index in [9.17, 15) is 0 Å². The van der Waals surface area contributed by atoms with Crippen LogP contribution in [0.2, 0.25) is 0 Å². The highest BCUT2D eigenvalue weighted by Crippen LogP contribution is 2.32. The van der Waals surface area contributed by atoms with Crippen molar-refractivity contribution in [3.8, 4) is 0 Å². The number of benzene rings is 1. The number of hydrogen-bond donors (Lipinski definition) is 3. The maximum atomic E-state index is 5.45. The number of hydrazine groups is 1. The van der Waals surface area contributed by atoms with E-state index < -0.39 is 0 Å². The van der Waals surface area contributed by atoms with Crippen molar-refractivity contribution in [2.75, 3.05) is 5.32 Å². The third-order valence-electron chi connectivity index (χ3n) is 2.43. The van der Waals surface area contributed by atoms with Crippen molar-refractivity contribution in [2.45, 2.75) is 25.8 Å². The molecular weight excluding hydrogens is 348 g/mol. The lowest BCUT2D eigenvalue weighted by molar-refractivity contribution is 0.965. The molecule has 6 heteroatoms. The second-order valence-electron chi connectivity index (χ2n) is 4.08. The van der Waals surface area contributed by atoms with Gasteiger partial charge in [-0.05, 0) is 69.3 Å². The van der Waals surface area contributed by atoms with E-state index >= 15 is 0 Å². The number of nitrogens with two attached hydrogens (primary N) is 1. The Labute approximate surface area is 117 Å². The minimum atomic E-state index is 0.413. The summed E-state index contributed by atoms with van der Waals surface area (Å²) in [6.07, 6.45) is 2.28. The van der Waals surface area contributed by atoms with Gasteiger partial charge < -0.3 is 5.32 Å². The summed E-state index contributed by atoms with van der Waals surface area (Å²) < 4.78 is 1.95. The molecule has 1 aliphatic rings. The van der Waals surface area contributed by atoms with E-state index in [4.69, 9.17) is 5.84 Å². The maximum Gasteiger partial charge on any atom is 0.210 e. The minimum Gasteiger partial charge on any atom is -0.323 e. The van der Waals surface area contributed by atoms with Crippen molar-refractivity contribution in [1.29, 1.82) is 0 Å². The van der Waals surface area contributed by atoms with Crippen LogP contribution in [0.4, 0.5) is 5.69 Å². The van der Waals surface area contributed by atoms with Crippen molar-refractivity contribution in [3.63, 3.8) is 0 Å². The molecule has 0 heterocycles. The molecule has 92 valence electrons. The van der Waals surface area contributed by atoms with E-state index in [1.165, 1.54) is 5.56 Å². The van der Waals surface area contributed by atoms with Crippen LogP contribution < -0.4 is 16.6 Å². The minimum absolute atomic E-state index is 0.413. The monoisotopic (exact) mass is 360 g/mol. The summed E-state index contributed by atoms with van der Waals surface area (Å²) in [6.45, 7) is 2.04. The molecule has 4 nitrogen and oxygen atoms in total. The van der Waals surface area contributed by atoms with Crippen LogP contribution >= 0.6 is 31.9 Å². The summed E-state index contributed by atoms with van der Waals surface area (Å²) in [6, 6.07) is 4.49. The molecule has 1 saturated carbocycles. The zero-order chi connectivity index (χ0) is 12.4.